The predicted octanol–water partition coefficient (Wildman–Crippen LogP) is 4.67. The Balaban J connectivity index is 1.51. The maximum atomic E-state index is 13.3. The molecule has 5 rings (SSSR count). The number of para-hydroxylation sites is 1. The fraction of sp³-hybridized carbons (Fsp3) is 0.154. The van der Waals surface area contributed by atoms with Crippen LogP contribution in [-0.4, -0.2) is 35.4 Å². The number of ether oxygens (including phenoxy) is 1. The standard InChI is InChI=1S/C26H23N3O3/c1-16-24(21-9-5-6-10-22(21)27-16)25-19-7-3-4-8-20(19)26(31)29(25)15-23(30)28-17-11-13-18(32-2)14-12-17/h3-14,25,27H,15H2,1-2H3,(H,28,30)/t25-/m0/s1. The smallest absolute Gasteiger partial charge is 0.255 e. The van der Waals surface area contributed by atoms with E-state index in [1.165, 1.54) is 0 Å². The van der Waals surface area contributed by atoms with Gasteiger partial charge in [-0.2, -0.15) is 0 Å². The van der Waals surface area contributed by atoms with Gasteiger partial charge < -0.3 is 19.9 Å². The summed E-state index contributed by atoms with van der Waals surface area (Å²) in [7, 11) is 1.59. The lowest BCUT2D eigenvalue weighted by atomic mass is 9.95. The number of nitrogens with zero attached hydrogens (tertiary/aromatic N) is 1. The minimum atomic E-state index is -0.337. The Hall–Kier alpha value is -4.06. The molecular weight excluding hydrogens is 402 g/mol. The molecule has 0 fully saturated rings. The molecule has 160 valence electrons. The molecule has 0 unspecified atom stereocenters. The van der Waals surface area contributed by atoms with Crippen LogP contribution < -0.4 is 10.1 Å². The first-order valence-corrected chi connectivity index (χ1v) is 10.5. The van der Waals surface area contributed by atoms with Gasteiger partial charge in [-0.15, -0.1) is 0 Å². The van der Waals surface area contributed by atoms with Gasteiger partial charge in [0, 0.05) is 33.4 Å². The summed E-state index contributed by atoms with van der Waals surface area (Å²) in [4.78, 5) is 31.4. The number of carbonyl (C=O) groups is 2. The third kappa shape index (κ3) is 3.30. The molecule has 1 atom stereocenters. The summed E-state index contributed by atoms with van der Waals surface area (Å²) in [5.74, 6) is 0.321. The van der Waals surface area contributed by atoms with Gasteiger partial charge >= 0.3 is 0 Å². The zero-order chi connectivity index (χ0) is 22.2. The number of hydrogen-bond donors (Lipinski definition) is 2. The van der Waals surface area contributed by atoms with Crippen LogP contribution in [0.3, 0.4) is 0 Å². The summed E-state index contributed by atoms with van der Waals surface area (Å²) in [5, 5.41) is 3.94. The van der Waals surface area contributed by atoms with Crippen molar-refractivity contribution in [2.75, 3.05) is 19.0 Å². The zero-order valence-corrected chi connectivity index (χ0v) is 17.9. The maximum absolute atomic E-state index is 13.3. The molecule has 1 aliphatic heterocycles. The fourth-order valence-electron chi connectivity index (χ4n) is 4.52. The fourth-order valence-corrected chi connectivity index (χ4v) is 4.52. The van der Waals surface area contributed by atoms with Crippen molar-refractivity contribution in [3.05, 3.63) is 95.2 Å². The minimum Gasteiger partial charge on any atom is -0.497 e. The number of amides is 2. The molecule has 6 heteroatoms. The van der Waals surface area contributed by atoms with E-state index < -0.39 is 0 Å². The summed E-state index contributed by atoms with van der Waals surface area (Å²) in [6.45, 7) is 1.96. The van der Waals surface area contributed by atoms with Crippen molar-refractivity contribution in [1.82, 2.24) is 9.88 Å². The first-order chi connectivity index (χ1) is 15.6. The van der Waals surface area contributed by atoms with Crippen molar-refractivity contribution >= 4 is 28.4 Å². The summed E-state index contributed by atoms with van der Waals surface area (Å²) in [6, 6.07) is 22.4. The van der Waals surface area contributed by atoms with Crippen LogP contribution in [0.4, 0.5) is 5.69 Å². The van der Waals surface area contributed by atoms with Crippen molar-refractivity contribution in [2.45, 2.75) is 13.0 Å². The zero-order valence-electron chi connectivity index (χ0n) is 17.9. The molecule has 1 aliphatic rings. The molecule has 4 aromatic rings. The normalized spacial score (nSPS) is 15.1. The first-order valence-electron chi connectivity index (χ1n) is 10.5. The number of hydrogen-bond acceptors (Lipinski definition) is 3. The molecule has 2 heterocycles. The summed E-state index contributed by atoms with van der Waals surface area (Å²) in [6.07, 6.45) is 0. The van der Waals surface area contributed by atoms with Crippen LogP contribution in [0.15, 0.2) is 72.8 Å². The highest BCUT2D eigenvalue weighted by molar-refractivity contribution is 6.04. The number of anilines is 1. The average molecular weight is 425 g/mol. The van der Waals surface area contributed by atoms with Gasteiger partial charge in [-0.1, -0.05) is 36.4 Å². The number of methoxy groups -OCH3 is 1. The SMILES string of the molecule is COc1ccc(NC(=O)CN2C(=O)c3ccccc3[C@H]2c2c(C)[nH]c3ccccc23)cc1. The molecule has 32 heavy (non-hydrogen) atoms. The average Bonchev–Trinajstić information content (AvgIpc) is 3.27. The third-order valence-corrected chi connectivity index (χ3v) is 5.96. The second-order valence-electron chi connectivity index (χ2n) is 7.91. The highest BCUT2D eigenvalue weighted by Gasteiger charge is 2.40. The number of fused-ring (bicyclic) bond motifs is 2. The second kappa shape index (κ2) is 7.89. The van der Waals surface area contributed by atoms with Crippen molar-refractivity contribution < 1.29 is 14.3 Å². The Morgan fingerprint density at radius 1 is 1.03 bits per heavy atom. The van der Waals surface area contributed by atoms with Crippen LogP contribution in [0.5, 0.6) is 5.75 Å². The lowest BCUT2D eigenvalue weighted by molar-refractivity contribution is -0.117. The molecule has 1 aromatic heterocycles. The van der Waals surface area contributed by atoms with Gasteiger partial charge in [-0.3, -0.25) is 9.59 Å². The van der Waals surface area contributed by atoms with Gasteiger partial charge in [-0.25, -0.2) is 0 Å². The van der Waals surface area contributed by atoms with Crippen molar-refractivity contribution in [3.63, 3.8) is 0 Å². The van der Waals surface area contributed by atoms with Crippen LogP contribution in [0, 0.1) is 6.92 Å². The van der Waals surface area contributed by atoms with Crippen LogP contribution >= 0.6 is 0 Å². The van der Waals surface area contributed by atoms with Gasteiger partial charge in [-0.05, 0) is 48.9 Å². The van der Waals surface area contributed by atoms with E-state index in [2.05, 4.69) is 16.4 Å². The van der Waals surface area contributed by atoms with Gasteiger partial charge in [0.25, 0.3) is 5.91 Å². The lowest BCUT2D eigenvalue weighted by Crippen LogP contribution is -2.36. The van der Waals surface area contributed by atoms with Crippen molar-refractivity contribution in [1.29, 1.82) is 0 Å². The van der Waals surface area contributed by atoms with E-state index in [4.69, 9.17) is 4.74 Å². The number of benzene rings is 3. The molecule has 2 amide bonds. The number of aryl methyl sites for hydroxylation is 1. The first kappa shape index (κ1) is 19.9. The summed E-state index contributed by atoms with van der Waals surface area (Å²) in [5.41, 5.74) is 5.23. The Kier molecular flexibility index (Phi) is 4.90. The van der Waals surface area contributed by atoms with E-state index >= 15 is 0 Å². The summed E-state index contributed by atoms with van der Waals surface area (Å²) >= 11 is 0. The molecule has 0 radical (unpaired) electrons. The van der Waals surface area contributed by atoms with Crippen LogP contribution in [0.2, 0.25) is 0 Å². The minimum absolute atomic E-state index is 0.0524. The van der Waals surface area contributed by atoms with Gasteiger partial charge in [0.1, 0.15) is 12.3 Å². The maximum Gasteiger partial charge on any atom is 0.255 e. The van der Waals surface area contributed by atoms with E-state index in [0.717, 1.165) is 27.7 Å². The van der Waals surface area contributed by atoms with E-state index in [0.29, 0.717) is 17.0 Å². The van der Waals surface area contributed by atoms with E-state index in [9.17, 15) is 9.59 Å². The molecule has 0 spiro atoms. The van der Waals surface area contributed by atoms with E-state index in [-0.39, 0.29) is 24.4 Å². The number of aromatic amines is 1. The van der Waals surface area contributed by atoms with Gasteiger partial charge in [0.2, 0.25) is 5.91 Å². The Morgan fingerprint density at radius 3 is 2.53 bits per heavy atom. The topological polar surface area (TPSA) is 74.4 Å². The van der Waals surface area contributed by atoms with E-state index in [1.54, 1.807) is 36.3 Å². The number of H-pyrrole nitrogens is 1. The molecule has 6 nitrogen and oxygen atoms in total. The Labute approximate surface area is 185 Å². The summed E-state index contributed by atoms with van der Waals surface area (Å²) < 4.78 is 5.16. The second-order valence-corrected chi connectivity index (χ2v) is 7.91. The number of nitrogens with one attached hydrogen (secondary N) is 2. The molecule has 2 N–H and O–H groups in total. The highest BCUT2D eigenvalue weighted by Crippen LogP contribution is 2.42. The molecule has 0 saturated heterocycles. The van der Waals surface area contributed by atoms with E-state index in [1.807, 2.05) is 49.4 Å². The van der Waals surface area contributed by atoms with Gasteiger partial charge in [0.15, 0.2) is 0 Å². The van der Waals surface area contributed by atoms with Crippen molar-refractivity contribution in [3.8, 4) is 5.75 Å². The van der Waals surface area contributed by atoms with Crippen LogP contribution in [-0.2, 0) is 4.79 Å². The molecule has 0 saturated carbocycles. The third-order valence-electron chi connectivity index (χ3n) is 5.96. The number of rotatable bonds is 5. The largest absolute Gasteiger partial charge is 0.497 e. The van der Waals surface area contributed by atoms with Gasteiger partial charge in [0.05, 0.1) is 13.2 Å². The molecule has 0 bridgehead atoms. The quantitative estimate of drug-likeness (QED) is 0.488. The number of aromatic nitrogens is 1. The molecule has 0 aliphatic carbocycles. The molecule has 3 aromatic carbocycles. The Bertz CT molecular complexity index is 1320. The molecular formula is C26H23N3O3. The lowest BCUT2D eigenvalue weighted by Gasteiger charge is -2.25. The number of carbonyl (C=O) groups excluding carboxylic acids is 2. The Morgan fingerprint density at radius 2 is 1.75 bits per heavy atom. The van der Waals surface area contributed by atoms with Crippen molar-refractivity contribution in [2.24, 2.45) is 0 Å². The highest BCUT2D eigenvalue weighted by atomic mass is 16.5. The monoisotopic (exact) mass is 425 g/mol. The van der Waals surface area contributed by atoms with Crippen LogP contribution in [0.25, 0.3) is 10.9 Å². The van der Waals surface area contributed by atoms with Crippen LogP contribution in [0.1, 0.15) is 33.2 Å². The predicted molar refractivity (Wildman–Crippen MR) is 124 cm³/mol.